The van der Waals surface area contributed by atoms with Crippen molar-refractivity contribution in [2.24, 2.45) is 5.92 Å². The number of aliphatic hydroxyl groups is 2. The van der Waals surface area contributed by atoms with Gasteiger partial charge in [0.1, 0.15) is 18.5 Å². The van der Waals surface area contributed by atoms with Crippen molar-refractivity contribution in [2.45, 2.75) is 26.4 Å². The van der Waals surface area contributed by atoms with Crippen LogP contribution in [-0.4, -0.2) is 36.1 Å². The monoisotopic (exact) mass is 373 g/mol. The topological polar surface area (TPSA) is 88.0 Å². The maximum atomic E-state index is 12.3. The Kier molecular flexibility index (Phi) is 8.10. The van der Waals surface area contributed by atoms with Gasteiger partial charge in [-0.2, -0.15) is 0 Å². The normalized spacial score (nSPS) is 12.9. The predicted molar refractivity (Wildman–Crippen MR) is 104 cm³/mol. The maximum absolute atomic E-state index is 12.3. The lowest BCUT2D eigenvalue weighted by atomic mass is 9.94. The smallest absolute Gasteiger partial charge is 0.412 e. The zero-order valence-corrected chi connectivity index (χ0v) is 15.7. The Morgan fingerprint density at radius 3 is 2.30 bits per heavy atom. The van der Waals surface area contributed by atoms with Crippen LogP contribution in [0.1, 0.15) is 30.6 Å². The van der Waals surface area contributed by atoms with E-state index in [1.54, 1.807) is 12.1 Å². The number of benzene rings is 2. The molecule has 6 heteroatoms. The highest BCUT2D eigenvalue weighted by Gasteiger charge is 2.23. The van der Waals surface area contributed by atoms with Crippen molar-refractivity contribution in [1.29, 1.82) is 0 Å². The van der Waals surface area contributed by atoms with Crippen molar-refractivity contribution >= 4 is 11.8 Å². The summed E-state index contributed by atoms with van der Waals surface area (Å²) < 4.78 is 11.0. The highest BCUT2D eigenvalue weighted by atomic mass is 16.6. The second kappa shape index (κ2) is 10.5. The molecular formula is C21H27NO5. The van der Waals surface area contributed by atoms with Gasteiger partial charge in [0.25, 0.3) is 0 Å². The number of nitrogens with one attached hydrogen (secondary N) is 1. The van der Waals surface area contributed by atoms with Crippen LogP contribution in [0.25, 0.3) is 0 Å². The van der Waals surface area contributed by atoms with E-state index >= 15 is 0 Å². The summed E-state index contributed by atoms with van der Waals surface area (Å²) in [6.07, 6.45) is -0.547. The van der Waals surface area contributed by atoms with Crippen molar-refractivity contribution in [3.63, 3.8) is 0 Å². The van der Waals surface area contributed by atoms with Crippen molar-refractivity contribution in [3.05, 3.63) is 59.7 Å². The molecule has 0 bridgehead atoms. The fraction of sp³-hybridized carbons (Fsp3) is 0.381. The molecule has 0 heterocycles. The molecule has 2 atom stereocenters. The van der Waals surface area contributed by atoms with Gasteiger partial charge in [0, 0.05) is 12.3 Å². The van der Waals surface area contributed by atoms with E-state index in [9.17, 15) is 9.90 Å². The van der Waals surface area contributed by atoms with Crippen LogP contribution in [0.2, 0.25) is 0 Å². The van der Waals surface area contributed by atoms with Gasteiger partial charge in [-0.05, 0) is 49.1 Å². The highest BCUT2D eigenvalue weighted by Crippen LogP contribution is 2.30. The van der Waals surface area contributed by atoms with E-state index in [-0.39, 0.29) is 25.7 Å². The van der Waals surface area contributed by atoms with Crippen molar-refractivity contribution < 1.29 is 24.5 Å². The molecule has 0 radical (unpaired) electrons. The van der Waals surface area contributed by atoms with Crippen LogP contribution in [0.15, 0.2) is 48.5 Å². The highest BCUT2D eigenvalue weighted by molar-refractivity contribution is 5.84. The number of carbonyl (C=O) groups is 1. The minimum absolute atomic E-state index is 0.0122. The number of aryl methyl sites for hydroxylation is 1. The van der Waals surface area contributed by atoms with E-state index in [0.29, 0.717) is 17.9 Å². The molecule has 27 heavy (non-hydrogen) atoms. The minimum Gasteiger partial charge on any atom is -0.491 e. The number of ether oxygens (including phenoxy) is 2. The van der Waals surface area contributed by atoms with Crippen molar-refractivity contribution in [2.75, 3.05) is 25.1 Å². The Hall–Kier alpha value is -2.57. The summed E-state index contributed by atoms with van der Waals surface area (Å²) in [6, 6.07) is 14.6. The van der Waals surface area contributed by atoms with Crippen LogP contribution >= 0.6 is 0 Å². The first-order chi connectivity index (χ1) is 13.0. The van der Waals surface area contributed by atoms with E-state index < -0.39 is 12.2 Å². The van der Waals surface area contributed by atoms with Gasteiger partial charge in [-0.3, -0.25) is 5.32 Å². The quantitative estimate of drug-likeness (QED) is 0.624. The van der Waals surface area contributed by atoms with Gasteiger partial charge in [0.15, 0.2) is 0 Å². The Labute approximate surface area is 159 Å². The first-order valence-corrected chi connectivity index (χ1v) is 9.02. The molecule has 2 aromatic carbocycles. The molecule has 0 fully saturated rings. The van der Waals surface area contributed by atoms with Crippen LogP contribution in [0.5, 0.6) is 5.75 Å². The first-order valence-electron chi connectivity index (χ1n) is 9.02. The molecule has 0 saturated heterocycles. The number of hydrogen-bond donors (Lipinski definition) is 3. The molecule has 2 aromatic rings. The average Bonchev–Trinajstić information content (AvgIpc) is 2.67. The van der Waals surface area contributed by atoms with Gasteiger partial charge in [0.05, 0.1) is 6.61 Å². The zero-order valence-electron chi connectivity index (χ0n) is 15.7. The third kappa shape index (κ3) is 6.58. The van der Waals surface area contributed by atoms with Crippen LogP contribution < -0.4 is 10.1 Å². The van der Waals surface area contributed by atoms with E-state index in [2.05, 4.69) is 5.32 Å². The maximum Gasteiger partial charge on any atom is 0.412 e. The summed E-state index contributed by atoms with van der Waals surface area (Å²) in [5.74, 6) is 0.563. The standard InChI is InChI=1S/C21H27NO5/c1-15-3-7-18(8-4-15)22-21(25)27-20(16(2)11-12-23)17-5-9-19(10-6-17)26-14-13-24/h3-10,16,20,23-24H,11-14H2,1-2H3,(H,22,25)/t16-,20-/m1/s1. The molecule has 0 unspecified atom stereocenters. The molecule has 3 N–H and O–H groups in total. The summed E-state index contributed by atoms with van der Waals surface area (Å²) in [4.78, 5) is 12.3. The molecule has 6 nitrogen and oxygen atoms in total. The van der Waals surface area contributed by atoms with Crippen LogP contribution in [0.3, 0.4) is 0 Å². The van der Waals surface area contributed by atoms with E-state index in [4.69, 9.17) is 14.6 Å². The summed E-state index contributed by atoms with van der Waals surface area (Å²) in [5.41, 5.74) is 2.57. The van der Waals surface area contributed by atoms with Crippen molar-refractivity contribution in [1.82, 2.24) is 0 Å². The minimum atomic E-state index is -0.547. The third-order valence-corrected chi connectivity index (χ3v) is 4.20. The first kappa shape index (κ1) is 20.7. The summed E-state index contributed by atoms with van der Waals surface area (Å²) >= 11 is 0. The predicted octanol–water partition coefficient (Wildman–Crippen LogP) is 3.67. The lowest BCUT2D eigenvalue weighted by Crippen LogP contribution is -2.22. The molecular weight excluding hydrogens is 346 g/mol. The van der Waals surface area contributed by atoms with Gasteiger partial charge in [-0.1, -0.05) is 36.8 Å². The number of aliphatic hydroxyl groups excluding tert-OH is 2. The molecule has 146 valence electrons. The summed E-state index contributed by atoms with van der Waals surface area (Å²) in [6.45, 7) is 4.08. The Balaban J connectivity index is 2.08. The SMILES string of the molecule is Cc1ccc(NC(=O)O[C@@H](c2ccc(OCCO)cc2)[C@H](C)CCO)cc1. The lowest BCUT2D eigenvalue weighted by molar-refractivity contribution is 0.0667. The van der Waals surface area contributed by atoms with Crippen LogP contribution in [-0.2, 0) is 4.74 Å². The van der Waals surface area contributed by atoms with Crippen molar-refractivity contribution in [3.8, 4) is 5.75 Å². The number of rotatable bonds is 9. The average molecular weight is 373 g/mol. The van der Waals surface area contributed by atoms with Gasteiger partial charge in [0.2, 0.25) is 0 Å². The molecule has 0 aliphatic heterocycles. The van der Waals surface area contributed by atoms with Gasteiger partial charge in [-0.25, -0.2) is 4.79 Å². The molecule has 0 saturated carbocycles. The molecule has 0 spiro atoms. The molecule has 2 rings (SSSR count). The molecule has 0 aliphatic rings. The largest absolute Gasteiger partial charge is 0.491 e. The molecule has 1 amide bonds. The zero-order chi connectivity index (χ0) is 19.6. The Morgan fingerprint density at radius 2 is 1.70 bits per heavy atom. The fourth-order valence-corrected chi connectivity index (χ4v) is 2.68. The fourth-order valence-electron chi connectivity index (χ4n) is 2.68. The number of anilines is 1. The second-order valence-electron chi connectivity index (χ2n) is 6.45. The number of amides is 1. The van der Waals surface area contributed by atoms with Gasteiger partial charge in [-0.15, -0.1) is 0 Å². The summed E-state index contributed by atoms with van der Waals surface area (Å²) in [7, 11) is 0. The van der Waals surface area contributed by atoms with Gasteiger partial charge < -0.3 is 19.7 Å². The molecule has 0 aromatic heterocycles. The third-order valence-electron chi connectivity index (χ3n) is 4.20. The van der Waals surface area contributed by atoms with E-state index in [1.807, 2.05) is 50.2 Å². The number of carbonyl (C=O) groups excluding carboxylic acids is 1. The summed E-state index contributed by atoms with van der Waals surface area (Å²) in [5, 5.41) is 20.8. The Morgan fingerprint density at radius 1 is 1.04 bits per heavy atom. The second-order valence-corrected chi connectivity index (χ2v) is 6.45. The number of hydrogen-bond acceptors (Lipinski definition) is 5. The van der Waals surface area contributed by atoms with Crippen LogP contribution in [0.4, 0.5) is 10.5 Å². The Bertz CT molecular complexity index is 700. The van der Waals surface area contributed by atoms with E-state index in [1.165, 1.54) is 0 Å². The lowest BCUT2D eigenvalue weighted by Gasteiger charge is -2.24. The molecule has 0 aliphatic carbocycles. The van der Waals surface area contributed by atoms with Crippen LogP contribution in [0, 0.1) is 12.8 Å². The van der Waals surface area contributed by atoms with Gasteiger partial charge >= 0.3 is 6.09 Å². The van der Waals surface area contributed by atoms with E-state index in [0.717, 1.165) is 11.1 Å².